The molecule has 2 aromatic rings. The maximum Gasteiger partial charge on any atom is 0.417 e. The number of quaternary nitrogens is 1. The summed E-state index contributed by atoms with van der Waals surface area (Å²) in [5.74, 6) is -0.269. The van der Waals surface area contributed by atoms with Gasteiger partial charge in [0.2, 0.25) is 0 Å². The largest absolute Gasteiger partial charge is 0.417 e. The van der Waals surface area contributed by atoms with Gasteiger partial charge in [0, 0.05) is 11.3 Å². The second-order valence-corrected chi connectivity index (χ2v) is 7.13. The van der Waals surface area contributed by atoms with E-state index in [2.05, 4.69) is 5.32 Å². The van der Waals surface area contributed by atoms with Crippen LogP contribution in [0.15, 0.2) is 48.5 Å². The molecule has 1 atom stereocenters. The molecule has 1 saturated heterocycles. The van der Waals surface area contributed by atoms with Gasteiger partial charge in [0.05, 0.1) is 36.5 Å². The molecule has 4 nitrogen and oxygen atoms in total. The maximum absolute atomic E-state index is 13.1. The normalized spacial score (nSPS) is 16.6. The van der Waals surface area contributed by atoms with Gasteiger partial charge in [-0.25, -0.2) is 0 Å². The number of halogens is 4. The molecule has 2 aromatic carbocycles. The summed E-state index contributed by atoms with van der Waals surface area (Å²) in [7, 11) is 0. The van der Waals surface area contributed by atoms with Crippen LogP contribution in [0.1, 0.15) is 30.0 Å². The van der Waals surface area contributed by atoms with E-state index in [0.717, 1.165) is 22.6 Å². The first-order chi connectivity index (χ1) is 13.3. The third kappa shape index (κ3) is 4.72. The number of hydrogen-bond acceptors (Lipinski definition) is 2. The number of amides is 1. The molecule has 1 amide bonds. The molecule has 0 spiro atoms. The van der Waals surface area contributed by atoms with E-state index < -0.39 is 28.7 Å². The predicted molar refractivity (Wildman–Crippen MR) is 99.2 cm³/mol. The Morgan fingerprint density at radius 2 is 1.71 bits per heavy atom. The molecule has 0 aliphatic carbocycles. The summed E-state index contributed by atoms with van der Waals surface area (Å²) >= 11 is 5.64. The smallest absolute Gasteiger partial charge is 0.321 e. The van der Waals surface area contributed by atoms with Crippen molar-refractivity contribution in [1.82, 2.24) is 0 Å². The van der Waals surface area contributed by atoms with Crippen LogP contribution in [0, 0.1) is 0 Å². The number of carbonyl (C=O) groups excluding carboxylic acids is 2. The zero-order valence-electron chi connectivity index (χ0n) is 14.9. The van der Waals surface area contributed by atoms with Crippen LogP contribution in [0.3, 0.4) is 0 Å². The predicted octanol–water partition coefficient (Wildman–Crippen LogP) is 3.29. The van der Waals surface area contributed by atoms with Gasteiger partial charge >= 0.3 is 6.18 Å². The van der Waals surface area contributed by atoms with E-state index in [1.807, 2.05) is 6.07 Å². The third-order valence-corrected chi connectivity index (χ3v) is 5.12. The fraction of sp³-hybridized carbons (Fsp3) is 0.300. The summed E-state index contributed by atoms with van der Waals surface area (Å²) in [5.41, 5.74) is -0.233. The van der Waals surface area contributed by atoms with E-state index in [4.69, 9.17) is 11.6 Å². The lowest BCUT2D eigenvalue weighted by molar-refractivity contribution is -0.923. The summed E-state index contributed by atoms with van der Waals surface area (Å²) in [4.78, 5) is 25.5. The molecule has 1 fully saturated rings. The van der Waals surface area contributed by atoms with E-state index in [9.17, 15) is 22.8 Å². The second-order valence-electron chi connectivity index (χ2n) is 6.72. The van der Waals surface area contributed by atoms with Crippen molar-refractivity contribution in [1.29, 1.82) is 0 Å². The number of rotatable bonds is 4. The number of hydrogen-bond donors (Lipinski definition) is 2. The average molecular weight is 412 g/mol. The van der Waals surface area contributed by atoms with Crippen LogP contribution < -0.4 is 10.2 Å². The van der Waals surface area contributed by atoms with Gasteiger partial charge in [-0.2, -0.15) is 13.2 Å². The lowest BCUT2D eigenvalue weighted by Crippen LogP contribution is -3.14. The van der Waals surface area contributed by atoms with Crippen LogP contribution in [-0.2, 0) is 15.8 Å². The molecule has 148 valence electrons. The molecule has 1 aliphatic rings. The number of piperidine rings is 1. The molecule has 0 saturated carbocycles. The van der Waals surface area contributed by atoms with Crippen LogP contribution in [-0.4, -0.2) is 24.8 Å². The van der Waals surface area contributed by atoms with Gasteiger partial charge in [0.25, 0.3) is 5.91 Å². The van der Waals surface area contributed by atoms with Gasteiger partial charge in [-0.3, -0.25) is 9.59 Å². The van der Waals surface area contributed by atoms with Crippen LogP contribution in [0.4, 0.5) is 18.9 Å². The zero-order chi connectivity index (χ0) is 20.3. The first-order valence-electron chi connectivity index (χ1n) is 8.84. The quantitative estimate of drug-likeness (QED) is 0.811. The highest BCUT2D eigenvalue weighted by molar-refractivity contribution is 6.31. The maximum atomic E-state index is 13.1. The number of nitrogens with one attached hydrogen (secondary N) is 2. The molecule has 0 radical (unpaired) electrons. The van der Waals surface area contributed by atoms with Gasteiger partial charge in [-0.15, -0.1) is 0 Å². The van der Waals surface area contributed by atoms with Crippen molar-refractivity contribution < 1.29 is 27.7 Å². The number of benzene rings is 2. The van der Waals surface area contributed by atoms with E-state index >= 15 is 0 Å². The summed E-state index contributed by atoms with van der Waals surface area (Å²) in [6.45, 7) is 1.00. The van der Waals surface area contributed by atoms with Crippen LogP contribution >= 0.6 is 11.6 Å². The lowest BCUT2D eigenvalue weighted by Gasteiger charge is -2.30. The van der Waals surface area contributed by atoms with Gasteiger partial charge in [-0.05, 0) is 18.2 Å². The van der Waals surface area contributed by atoms with Gasteiger partial charge in [-0.1, -0.05) is 41.9 Å². The minimum absolute atomic E-state index is 0.0233. The molecule has 8 heteroatoms. The van der Waals surface area contributed by atoms with Crippen molar-refractivity contribution in [3.63, 3.8) is 0 Å². The minimum Gasteiger partial charge on any atom is -0.321 e. The number of ketones is 1. The molecule has 0 bridgehead atoms. The summed E-state index contributed by atoms with van der Waals surface area (Å²) in [6, 6.07) is 11.7. The van der Waals surface area contributed by atoms with Crippen molar-refractivity contribution in [3.8, 4) is 0 Å². The molecule has 0 aromatic heterocycles. The molecule has 1 aliphatic heterocycles. The Bertz CT molecular complexity index is 861. The second kappa shape index (κ2) is 8.32. The fourth-order valence-corrected chi connectivity index (χ4v) is 3.62. The first-order valence-corrected chi connectivity index (χ1v) is 9.22. The number of likely N-dealkylation sites (tertiary alicyclic amines) is 1. The van der Waals surface area contributed by atoms with E-state index in [1.54, 1.807) is 24.3 Å². The molecular weight excluding hydrogens is 393 g/mol. The molecule has 1 heterocycles. The van der Waals surface area contributed by atoms with E-state index in [0.29, 0.717) is 25.9 Å². The SMILES string of the molecule is O=C1CC[NH+]([C@@H](C(=O)Nc2ccc(Cl)c(C(F)(F)F)c2)c2ccccc2)CC1. The molecular formula is C20H19ClF3N2O2+. The molecule has 28 heavy (non-hydrogen) atoms. The zero-order valence-corrected chi connectivity index (χ0v) is 15.6. The van der Waals surface area contributed by atoms with Crippen LogP contribution in [0.2, 0.25) is 5.02 Å². The average Bonchev–Trinajstić information content (AvgIpc) is 2.65. The van der Waals surface area contributed by atoms with Crippen LogP contribution in [0.25, 0.3) is 0 Å². The Morgan fingerprint density at radius 3 is 2.32 bits per heavy atom. The van der Waals surface area contributed by atoms with Crippen molar-refractivity contribution >= 4 is 29.0 Å². The number of Topliss-reactive ketones (excluding diaryl/α,β-unsaturated/α-hetero) is 1. The van der Waals surface area contributed by atoms with E-state index in [-0.39, 0.29) is 11.5 Å². The standard InChI is InChI=1S/C20H18ClF3N2O2/c21-17-7-6-14(12-16(17)20(22,23)24)25-19(28)18(13-4-2-1-3-5-13)26-10-8-15(27)9-11-26/h1-7,12,18H,8-11H2,(H,25,28)/p+1/t18-/m1/s1. The highest BCUT2D eigenvalue weighted by Gasteiger charge is 2.36. The first kappa shape index (κ1) is 20.4. The summed E-state index contributed by atoms with van der Waals surface area (Å²) < 4.78 is 39.3. The highest BCUT2D eigenvalue weighted by atomic mass is 35.5. The van der Waals surface area contributed by atoms with Gasteiger partial charge < -0.3 is 10.2 Å². The number of alkyl halides is 3. The monoisotopic (exact) mass is 411 g/mol. The Hall–Kier alpha value is -2.38. The third-order valence-electron chi connectivity index (χ3n) is 4.79. The summed E-state index contributed by atoms with van der Waals surface area (Å²) in [6.07, 6.45) is -3.86. The lowest BCUT2D eigenvalue weighted by atomic mass is 10.0. The number of carbonyl (C=O) groups is 2. The van der Waals surface area contributed by atoms with Crippen molar-refractivity contribution in [2.75, 3.05) is 18.4 Å². The van der Waals surface area contributed by atoms with Gasteiger partial charge in [0.15, 0.2) is 6.04 Å². The molecule has 0 unspecified atom stereocenters. The summed E-state index contributed by atoms with van der Waals surface area (Å²) in [5, 5.41) is 2.16. The van der Waals surface area contributed by atoms with Crippen molar-refractivity contribution in [3.05, 3.63) is 64.7 Å². The number of anilines is 1. The molecule has 2 N–H and O–H groups in total. The molecule has 3 rings (SSSR count). The van der Waals surface area contributed by atoms with Gasteiger partial charge in [0.1, 0.15) is 5.78 Å². The van der Waals surface area contributed by atoms with E-state index in [1.165, 1.54) is 6.07 Å². The van der Waals surface area contributed by atoms with Crippen molar-refractivity contribution in [2.24, 2.45) is 0 Å². The Labute approximate surface area is 165 Å². The Kier molecular flexibility index (Phi) is 6.05. The van der Waals surface area contributed by atoms with Crippen LogP contribution in [0.5, 0.6) is 0 Å². The van der Waals surface area contributed by atoms with Crippen molar-refractivity contribution in [2.45, 2.75) is 25.1 Å². The Balaban J connectivity index is 1.87. The topological polar surface area (TPSA) is 50.6 Å². The minimum atomic E-state index is -4.62. The fourth-order valence-electron chi connectivity index (χ4n) is 3.39. The Morgan fingerprint density at radius 1 is 1.07 bits per heavy atom. The highest BCUT2D eigenvalue weighted by Crippen LogP contribution is 2.36.